The number of hydrogen-bond donors (Lipinski definition) is 2. The minimum Gasteiger partial charge on any atom is -0.504 e. The fourth-order valence-electron chi connectivity index (χ4n) is 2.43. The van der Waals surface area contributed by atoms with Gasteiger partial charge in [0.25, 0.3) is 0 Å². The number of carbonyl (C=O) groups is 1. The molecule has 0 saturated heterocycles. The second-order valence-corrected chi connectivity index (χ2v) is 5.70. The maximum atomic E-state index is 12.1. The number of rotatable bonds is 6. The molecule has 0 aliphatic rings. The van der Waals surface area contributed by atoms with Crippen LogP contribution in [0.5, 0.6) is 23.0 Å². The van der Waals surface area contributed by atoms with E-state index in [1.54, 1.807) is 36.4 Å². The Balaban J connectivity index is 1.64. The van der Waals surface area contributed by atoms with E-state index < -0.39 is 0 Å². The van der Waals surface area contributed by atoms with Crippen molar-refractivity contribution in [2.24, 2.45) is 0 Å². The lowest BCUT2D eigenvalue weighted by Crippen LogP contribution is -2.07. The van der Waals surface area contributed by atoms with Crippen molar-refractivity contribution in [1.29, 1.82) is 0 Å². The molecule has 1 amide bonds. The first-order valence-corrected chi connectivity index (χ1v) is 8.33. The Hall–Kier alpha value is -3.73. The van der Waals surface area contributed by atoms with Crippen LogP contribution in [0.1, 0.15) is 5.56 Å². The highest BCUT2D eigenvalue weighted by molar-refractivity contribution is 6.02. The van der Waals surface area contributed by atoms with Crippen LogP contribution in [0.4, 0.5) is 5.69 Å². The number of benzene rings is 3. The predicted octanol–water partition coefficient (Wildman–Crippen LogP) is 4.85. The number of nitrogens with one attached hydrogen (secondary N) is 1. The van der Waals surface area contributed by atoms with Crippen molar-refractivity contribution in [3.05, 3.63) is 84.4 Å². The first-order valence-electron chi connectivity index (χ1n) is 8.33. The van der Waals surface area contributed by atoms with E-state index in [2.05, 4.69) is 5.32 Å². The molecule has 5 nitrogen and oxygen atoms in total. The average molecular weight is 361 g/mol. The van der Waals surface area contributed by atoms with E-state index in [-0.39, 0.29) is 11.7 Å². The zero-order chi connectivity index (χ0) is 19.1. The number of ether oxygens (including phenoxy) is 2. The van der Waals surface area contributed by atoms with Crippen LogP contribution in [0, 0.1) is 0 Å². The fraction of sp³-hybridized carbons (Fsp3) is 0.0455. The van der Waals surface area contributed by atoms with Crippen LogP contribution in [0.25, 0.3) is 6.08 Å². The molecule has 0 radical (unpaired) electrons. The lowest BCUT2D eigenvalue weighted by Gasteiger charge is -2.08. The Labute approximate surface area is 157 Å². The average Bonchev–Trinajstić information content (AvgIpc) is 2.67. The topological polar surface area (TPSA) is 67.8 Å². The van der Waals surface area contributed by atoms with Gasteiger partial charge in [0.15, 0.2) is 11.5 Å². The monoisotopic (exact) mass is 361 g/mol. The number of methoxy groups -OCH3 is 1. The van der Waals surface area contributed by atoms with Crippen LogP contribution in [0.2, 0.25) is 0 Å². The smallest absolute Gasteiger partial charge is 0.248 e. The van der Waals surface area contributed by atoms with E-state index in [0.717, 1.165) is 5.75 Å². The van der Waals surface area contributed by atoms with E-state index in [1.165, 1.54) is 19.3 Å². The Morgan fingerprint density at radius 1 is 0.963 bits per heavy atom. The minimum atomic E-state index is -0.290. The van der Waals surface area contributed by atoms with Gasteiger partial charge in [0.2, 0.25) is 5.91 Å². The summed E-state index contributed by atoms with van der Waals surface area (Å²) in [6.07, 6.45) is 3.00. The number of aromatic hydroxyl groups is 1. The van der Waals surface area contributed by atoms with Gasteiger partial charge in [-0.3, -0.25) is 4.79 Å². The van der Waals surface area contributed by atoms with E-state index in [9.17, 15) is 9.90 Å². The molecular weight excluding hydrogens is 342 g/mol. The van der Waals surface area contributed by atoms with Crippen molar-refractivity contribution in [1.82, 2.24) is 0 Å². The third-order valence-corrected chi connectivity index (χ3v) is 3.71. The summed E-state index contributed by atoms with van der Waals surface area (Å²) in [5.41, 5.74) is 1.31. The third-order valence-electron chi connectivity index (χ3n) is 3.71. The molecule has 3 aromatic rings. The van der Waals surface area contributed by atoms with Crippen LogP contribution in [-0.2, 0) is 4.79 Å². The van der Waals surface area contributed by atoms with E-state index in [4.69, 9.17) is 9.47 Å². The Morgan fingerprint density at radius 3 is 2.48 bits per heavy atom. The van der Waals surface area contributed by atoms with Crippen LogP contribution >= 0.6 is 0 Å². The summed E-state index contributed by atoms with van der Waals surface area (Å²) in [6, 6.07) is 21.5. The SMILES string of the molecule is COc1ccc(C=CC(=O)Nc2cccc(Oc3ccccc3)c2)cc1O. The van der Waals surface area contributed by atoms with Gasteiger partial charge < -0.3 is 19.9 Å². The van der Waals surface area contributed by atoms with Crippen molar-refractivity contribution in [3.8, 4) is 23.0 Å². The van der Waals surface area contributed by atoms with E-state index >= 15 is 0 Å². The van der Waals surface area contributed by atoms with Gasteiger partial charge in [-0.25, -0.2) is 0 Å². The molecule has 0 fully saturated rings. The number of phenols is 1. The van der Waals surface area contributed by atoms with Crippen LogP contribution in [-0.4, -0.2) is 18.1 Å². The summed E-state index contributed by atoms with van der Waals surface area (Å²) in [5.74, 6) is 1.46. The quantitative estimate of drug-likeness (QED) is 0.616. The van der Waals surface area contributed by atoms with Crippen molar-refractivity contribution < 1.29 is 19.4 Å². The molecule has 3 aromatic carbocycles. The number of anilines is 1. The van der Waals surface area contributed by atoms with Gasteiger partial charge in [0.1, 0.15) is 11.5 Å². The summed E-state index contributed by atoms with van der Waals surface area (Å²) in [7, 11) is 1.48. The highest BCUT2D eigenvalue weighted by atomic mass is 16.5. The summed E-state index contributed by atoms with van der Waals surface area (Å²) in [6.45, 7) is 0. The third kappa shape index (κ3) is 5.12. The number of para-hydroxylation sites is 1. The zero-order valence-corrected chi connectivity index (χ0v) is 14.8. The standard InChI is InChI=1S/C22H19NO4/c1-26-21-12-10-16(14-20(21)24)11-13-22(25)23-17-6-5-9-19(15-17)27-18-7-3-2-4-8-18/h2-15,24H,1H3,(H,23,25). The molecule has 2 N–H and O–H groups in total. The Bertz CT molecular complexity index is 952. The first-order chi connectivity index (χ1) is 13.1. The van der Waals surface area contributed by atoms with Crippen molar-refractivity contribution in [3.63, 3.8) is 0 Å². The van der Waals surface area contributed by atoms with Crippen LogP contribution in [0.15, 0.2) is 78.9 Å². The van der Waals surface area contributed by atoms with Gasteiger partial charge >= 0.3 is 0 Å². The molecule has 27 heavy (non-hydrogen) atoms. The number of amides is 1. The van der Waals surface area contributed by atoms with Crippen molar-refractivity contribution in [2.45, 2.75) is 0 Å². The molecule has 0 heterocycles. The molecule has 0 aliphatic heterocycles. The molecule has 0 saturated carbocycles. The minimum absolute atomic E-state index is 0.0193. The lowest BCUT2D eigenvalue weighted by atomic mass is 10.2. The van der Waals surface area contributed by atoms with Gasteiger partial charge in [-0.05, 0) is 48.0 Å². The van der Waals surface area contributed by atoms with Crippen LogP contribution < -0.4 is 14.8 Å². The molecule has 5 heteroatoms. The predicted molar refractivity (Wildman–Crippen MR) is 105 cm³/mol. The highest BCUT2D eigenvalue weighted by Crippen LogP contribution is 2.27. The second kappa shape index (κ2) is 8.58. The molecule has 0 atom stereocenters. The highest BCUT2D eigenvalue weighted by Gasteiger charge is 2.03. The molecule has 0 spiro atoms. The molecule has 0 bridgehead atoms. The number of carbonyl (C=O) groups excluding carboxylic acids is 1. The Kier molecular flexibility index (Phi) is 5.74. The molecular formula is C22H19NO4. The maximum absolute atomic E-state index is 12.1. The molecule has 136 valence electrons. The largest absolute Gasteiger partial charge is 0.504 e. The lowest BCUT2D eigenvalue weighted by molar-refractivity contribution is -0.111. The molecule has 3 rings (SSSR count). The first kappa shape index (κ1) is 18.1. The molecule has 0 aliphatic carbocycles. The Morgan fingerprint density at radius 2 is 1.74 bits per heavy atom. The molecule has 0 unspecified atom stereocenters. The summed E-state index contributed by atoms with van der Waals surface area (Å²) in [5, 5.41) is 12.6. The number of hydrogen-bond acceptors (Lipinski definition) is 4. The van der Waals surface area contributed by atoms with Crippen LogP contribution in [0.3, 0.4) is 0 Å². The summed E-state index contributed by atoms with van der Waals surface area (Å²) < 4.78 is 10.7. The van der Waals surface area contributed by atoms with Crippen molar-refractivity contribution >= 4 is 17.7 Å². The van der Waals surface area contributed by atoms with Gasteiger partial charge in [-0.1, -0.05) is 30.3 Å². The van der Waals surface area contributed by atoms with E-state index in [1.807, 2.05) is 36.4 Å². The summed E-state index contributed by atoms with van der Waals surface area (Å²) in [4.78, 5) is 12.1. The maximum Gasteiger partial charge on any atom is 0.248 e. The van der Waals surface area contributed by atoms with Gasteiger partial charge in [-0.15, -0.1) is 0 Å². The van der Waals surface area contributed by atoms with Crippen molar-refractivity contribution in [2.75, 3.05) is 12.4 Å². The van der Waals surface area contributed by atoms with Gasteiger partial charge in [0, 0.05) is 17.8 Å². The van der Waals surface area contributed by atoms with Gasteiger partial charge in [-0.2, -0.15) is 0 Å². The van der Waals surface area contributed by atoms with E-state index in [0.29, 0.717) is 22.7 Å². The zero-order valence-electron chi connectivity index (χ0n) is 14.8. The normalized spacial score (nSPS) is 10.6. The molecule has 0 aromatic heterocycles. The van der Waals surface area contributed by atoms with Gasteiger partial charge in [0.05, 0.1) is 7.11 Å². The second-order valence-electron chi connectivity index (χ2n) is 5.70. The fourth-order valence-corrected chi connectivity index (χ4v) is 2.43. The summed E-state index contributed by atoms with van der Waals surface area (Å²) >= 11 is 0. The number of phenolic OH excluding ortho intramolecular Hbond substituents is 1.